The van der Waals surface area contributed by atoms with Crippen LogP contribution in [-0.4, -0.2) is 17.0 Å². The molecule has 108 valence electrons. The summed E-state index contributed by atoms with van der Waals surface area (Å²) in [5.74, 6) is -1.52. The molecule has 0 aromatic heterocycles. The number of anilines is 1. The third-order valence-electron chi connectivity index (χ3n) is 2.61. The van der Waals surface area contributed by atoms with Gasteiger partial charge in [-0.05, 0) is 52.9 Å². The Balaban J connectivity index is 2.32. The summed E-state index contributed by atoms with van der Waals surface area (Å²) in [6.07, 6.45) is 0. The third kappa shape index (κ3) is 3.87. The number of carbonyl (C=O) groups excluding carboxylic acids is 1. The van der Waals surface area contributed by atoms with E-state index >= 15 is 0 Å². The van der Waals surface area contributed by atoms with Crippen molar-refractivity contribution in [1.82, 2.24) is 0 Å². The van der Waals surface area contributed by atoms with Gasteiger partial charge in [-0.2, -0.15) is 0 Å². The molecule has 2 aromatic carbocycles. The molecule has 0 heterocycles. The van der Waals surface area contributed by atoms with E-state index in [2.05, 4.69) is 27.9 Å². The Kier molecular flexibility index (Phi) is 5.08. The lowest BCUT2D eigenvalue weighted by atomic mass is 10.2. The number of rotatable bonds is 3. The second kappa shape index (κ2) is 6.64. The van der Waals surface area contributed by atoms with Crippen LogP contribution in [0.2, 0.25) is 10.0 Å². The largest absolute Gasteiger partial charge is 0.478 e. The predicted molar refractivity (Wildman–Crippen MR) is 90.5 cm³/mol. The fraction of sp³-hybridized carbons (Fsp3) is 0. The molecule has 0 aliphatic rings. The van der Waals surface area contributed by atoms with Crippen molar-refractivity contribution in [3.05, 3.63) is 61.1 Å². The molecule has 2 aromatic rings. The molecular weight excluding hydrogens is 428 g/mol. The van der Waals surface area contributed by atoms with Crippen molar-refractivity contribution in [3.63, 3.8) is 0 Å². The van der Waals surface area contributed by atoms with Crippen molar-refractivity contribution in [2.45, 2.75) is 0 Å². The van der Waals surface area contributed by atoms with E-state index in [0.29, 0.717) is 5.56 Å². The Morgan fingerprint density at radius 1 is 1.05 bits per heavy atom. The van der Waals surface area contributed by atoms with Crippen molar-refractivity contribution in [3.8, 4) is 0 Å². The Bertz CT molecular complexity index is 711. The van der Waals surface area contributed by atoms with E-state index in [4.69, 9.17) is 28.3 Å². The fourth-order valence-corrected chi connectivity index (χ4v) is 2.76. The standard InChI is InChI=1S/C14H8Cl2INO3/c15-10-5-8(14(20)21)6-11(16)12(10)18-13(19)7-2-1-3-9(17)4-7/h1-6H,(H,18,19)(H,20,21). The molecule has 0 saturated carbocycles. The van der Waals surface area contributed by atoms with Gasteiger partial charge in [0.1, 0.15) is 0 Å². The molecule has 4 nitrogen and oxygen atoms in total. The number of hydrogen-bond donors (Lipinski definition) is 2. The van der Waals surface area contributed by atoms with E-state index in [1.807, 2.05) is 6.07 Å². The summed E-state index contributed by atoms with van der Waals surface area (Å²) in [4.78, 5) is 23.0. The van der Waals surface area contributed by atoms with Gasteiger partial charge in [-0.3, -0.25) is 4.79 Å². The normalized spacial score (nSPS) is 10.2. The number of aromatic carboxylic acids is 1. The number of amides is 1. The van der Waals surface area contributed by atoms with Crippen LogP contribution in [0.5, 0.6) is 0 Å². The SMILES string of the molecule is O=C(O)c1cc(Cl)c(NC(=O)c2cccc(I)c2)c(Cl)c1. The molecule has 0 saturated heterocycles. The quantitative estimate of drug-likeness (QED) is 0.695. The zero-order valence-electron chi connectivity index (χ0n) is 10.4. The van der Waals surface area contributed by atoms with Crippen molar-refractivity contribution in [2.75, 3.05) is 5.32 Å². The van der Waals surface area contributed by atoms with Crippen molar-refractivity contribution in [2.24, 2.45) is 0 Å². The molecule has 7 heteroatoms. The molecule has 21 heavy (non-hydrogen) atoms. The molecule has 0 fully saturated rings. The average molecular weight is 436 g/mol. The van der Waals surface area contributed by atoms with Crippen LogP contribution in [0.4, 0.5) is 5.69 Å². The molecule has 0 spiro atoms. The summed E-state index contributed by atoms with van der Waals surface area (Å²) >= 11 is 14.1. The van der Waals surface area contributed by atoms with Gasteiger partial charge in [-0.15, -0.1) is 0 Å². The molecule has 0 radical (unpaired) electrons. The molecule has 0 unspecified atom stereocenters. The lowest BCUT2D eigenvalue weighted by Gasteiger charge is -2.10. The van der Waals surface area contributed by atoms with Gasteiger partial charge in [0, 0.05) is 9.13 Å². The number of carboxylic acid groups (broad SMARTS) is 1. The molecule has 2 N–H and O–H groups in total. The third-order valence-corrected chi connectivity index (χ3v) is 3.88. The highest BCUT2D eigenvalue weighted by Crippen LogP contribution is 2.32. The van der Waals surface area contributed by atoms with Gasteiger partial charge in [0.05, 0.1) is 21.3 Å². The Hall–Kier alpha value is -1.31. The van der Waals surface area contributed by atoms with Gasteiger partial charge in [0.15, 0.2) is 0 Å². The number of benzene rings is 2. The number of nitrogens with one attached hydrogen (secondary N) is 1. The average Bonchev–Trinajstić information content (AvgIpc) is 2.42. The molecule has 0 bridgehead atoms. The first kappa shape index (κ1) is 16.1. The lowest BCUT2D eigenvalue weighted by molar-refractivity contribution is 0.0696. The monoisotopic (exact) mass is 435 g/mol. The van der Waals surface area contributed by atoms with Gasteiger partial charge >= 0.3 is 5.97 Å². The smallest absolute Gasteiger partial charge is 0.335 e. The van der Waals surface area contributed by atoms with E-state index < -0.39 is 5.97 Å². The Morgan fingerprint density at radius 2 is 1.67 bits per heavy atom. The summed E-state index contributed by atoms with van der Waals surface area (Å²) < 4.78 is 0.915. The molecule has 0 aliphatic carbocycles. The summed E-state index contributed by atoms with van der Waals surface area (Å²) in [6, 6.07) is 9.46. The number of carboxylic acids is 1. The highest BCUT2D eigenvalue weighted by molar-refractivity contribution is 14.1. The van der Waals surface area contributed by atoms with Crippen molar-refractivity contribution < 1.29 is 14.7 Å². The maximum Gasteiger partial charge on any atom is 0.335 e. The van der Waals surface area contributed by atoms with Crippen LogP contribution in [0.25, 0.3) is 0 Å². The molecule has 0 aliphatic heterocycles. The topological polar surface area (TPSA) is 66.4 Å². The maximum absolute atomic E-state index is 12.1. The molecule has 1 amide bonds. The molecule has 0 atom stereocenters. The fourth-order valence-electron chi connectivity index (χ4n) is 1.63. The summed E-state index contributed by atoms with van der Waals surface area (Å²) in [6.45, 7) is 0. The first-order valence-electron chi connectivity index (χ1n) is 5.67. The molecular formula is C14H8Cl2INO3. The van der Waals surface area contributed by atoms with Crippen LogP contribution in [0.3, 0.4) is 0 Å². The number of halogens is 3. The van der Waals surface area contributed by atoms with Crippen LogP contribution in [-0.2, 0) is 0 Å². The Labute approximate surface area is 144 Å². The van der Waals surface area contributed by atoms with Gasteiger partial charge in [0.2, 0.25) is 0 Å². The van der Waals surface area contributed by atoms with Gasteiger partial charge in [-0.25, -0.2) is 4.79 Å². The van der Waals surface area contributed by atoms with E-state index in [1.165, 1.54) is 12.1 Å². The minimum absolute atomic E-state index is 0.0442. The first-order valence-corrected chi connectivity index (χ1v) is 7.51. The van der Waals surface area contributed by atoms with Gasteiger partial charge in [-0.1, -0.05) is 29.3 Å². The van der Waals surface area contributed by atoms with E-state index in [9.17, 15) is 9.59 Å². The first-order chi connectivity index (χ1) is 9.88. The summed E-state index contributed by atoms with van der Waals surface area (Å²) in [5.41, 5.74) is 0.598. The Morgan fingerprint density at radius 3 is 2.19 bits per heavy atom. The van der Waals surface area contributed by atoms with Crippen molar-refractivity contribution >= 4 is 63.4 Å². The number of hydrogen-bond acceptors (Lipinski definition) is 2. The minimum atomic E-state index is -1.14. The predicted octanol–water partition coefficient (Wildman–Crippen LogP) is 4.55. The second-order valence-corrected chi connectivity index (χ2v) is 6.14. The summed E-state index contributed by atoms with van der Waals surface area (Å²) in [7, 11) is 0. The summed E-state index contributed by atoms with van der Waals surface area (Å²) in [5, 5.41) is 11.6. The highest BCUT2D eigenvalue weighted by atomic mass is 127. The van der Waals surface area contributed by atoms with Crippen LogP contribution in [0.15, 0.2) is 36.4 Å². The lowest BCUT2D eigenvalue weighted by Crippen LogP contribution is -2.13. The van der Waals surface area contributed by atoms with Crippen LogP contribution < -0.4 is 5.32 Å². The zero-order chi connectivity index (χ0) is 15.6. The van der Waals surface area contributed by atoms with Crippen LogP contribution in [0, 0.1) is 3.57 Å². The zero-order valence-corrected chi connectivity index (χ0v) is 14.0. The van der Waals surface area contributed by atoms with Crippen molar-refractivity contribution in [1.29, 1.82) is 0 Å². The maximum atomic E-state index is 12.1. The van der Waals surface area contributed by atoms with Gasteiger partial charge < -0.3 is 10.4 Å². The minimum Gasteiger partial charge on any atom is -0.478 e. The highest BCUT2D eigenvalue weighted by Gasteiger charge is 2.15. The number of carbonyl (C=O) groups is 2. The van der Waals surface area contributed by atoms with Gasteiger partial charge in [0.25, 0.3) is 5.91 Å². The van der Waals surface area contributed by atoms with E-state index in [-0.39, 0.29) is 27.2 Å². The van der Waals surface area contributed by atoms with E-state index in [1.54, 1.807) is 18.2 Å². The van der Waals surface area contributed by atoms with Crippen LogP contribution >= 0.6 is 45.8 Å². The molecule has 2 rings (SSSR count). The second-order valence-electron chi connectivity index (χ2n) is 4.08. The van der Waals surface area contributed by atoms with E-state index in [0.717, 1.165) is 3.57 Å². The van der Waals surface area contributed by atoms with Crippen LogP contribution in [0.1, 0.15) is 20.7 Å².